The van der Waals surface area contributed by atoms with E-state index in [0.29, 0.717) is 24.0 Å². The van der Waals surface area contributed by atoms with Gasteiger partial charge in [-0.3, -0.25) is 4.79 Å². The highest BCUT2D eigenvalue weighted by Gasteiger charge is 2.22. The van der Waals surface area contributed by atoms with E-state index in [1.165, 1.54) is 22.0 Å². The molecule has 4 heterocycles. The van der Waals surface area contributed by atoms with Gasteiger partial charge in [0.05, 0.1) is 5.56 Å². The molecule has 0 aliphatic carbocycles. The molecular weight excluding hydrogens is 454 g/mol. The van der Waals surface area contributed by atoms with Gasteiger partial charge in [-0.2, -0.15) is 0 Å². The standard InChI is InChI=1S/C28H37N5O3/c1-20-6-7-25-24(13-20)23(18-32(25)2)15-29-14-21-8-10-33(11-9-21)28-30-16-22(17-31-28)26(34)19-36-27-5-3-4-12-35-27/h6-7,13,16-18,21,27,29H,3-5,8-12,14-15,19H2,1-2H3. The Morgan fingerprint density at radius 3 is 2.72 bits per heavy atom. The van der Waals surface area contributed by atoms with Gasteiger partial charge in [-0.25, -0.2) is 9.97 Å². The van der Waals surface area contributed by atoms with Crippen LogP contribution in [0.2, 0.25) is 0 Å². The molecule has 0 amide bonds. The Kier molecular flexibility index (Phi) is 7.94. The second kappa shape index (κ2) is 11.5. The molecule has 1 atom stereocenters. The molecule has 0 bridgehead atoms. The quantitative estimate of drug-likeness (QED) is 0.453. The average Bonchev–Trinajstić information content (AvgIpc) is 3.22. The first kappa shape index (κ1) is 24.9. The number of anilines is 1. The molecule has 1 N–H and O–H groups in total. The molecule has 8 nitrogen and oxygen atoms in total. The van der Waals surface area contributed by atoms with E-state index in [-0.39, 0.29) is 18.7 Å². The fraction of sp³-hybridized carbons (Fsp3) is 0.536. The maximum Gasteiger partial charge on any atom is 0.225 e. The monoisotopic (exact) mass is 491 g/mol. The number of rotatable bonds is 9. The molecule has 8 heteroatoms. The van der Waals surface area contributed by atoms with Gasteiger partial charge in [0.1, 0.15) is 6.61 Å². The molecule has 2 aliphatic rings. The maximum atomic E-state index is 12.4. The zero-order valence-corrected chi connectivity index (χ0v) is 21.4. The number of ether oxygens (including phenoxy) is 2. The van der Waals surface area contributed by atoms with Gasteiger partial charge >= 0.3 is 0 Å². The van der Waals surface area contributed by atoms with Crippen LogP contribution in [0.5, 0.6) is 0 Å². The van der Waals surface area contributed by atoms with Gasteiger partial charge in [0.25, 0.3) is 0 Å². The SMILES string of the molecule is Cc1ccc2c(c1)c(CNCC1CCN(c3ncc(C(=O)COC4CCCCO4)cn3)CC1)cn2C. The number of aryl methyl sites for hydroxylation is 2. The Labute approximate surface area is 213 Å². The lowest BCUT2D eigenvalue weighted by atomic mass is 9.97. The van der Waals surface area contributed by atoms with Crippen molar-refractivity contribution in [3.8, 4) is 0 Å². The minimum absolute atomic E-state index is 0.00412. The van der Waals surface area contributed by atoms with E-state index in [1.807, 2.05) is 0 Å². The van der Waals surface area contributed by atoms with E-state index in [2.05, 4.69) is 63.1 Å². The van der Waals surface area contributed by atoms with Crippen LogP contribution in [0.1, 0.15) is 53.6 Å². The Bertz CT molecular complexity index is 1160. The third-order valence-electron chi connectivity index (χ3n) is 7.37. The summed E-state index contributed by atoms with van der Waals surface area (Å²) in [5.41, 5.74) is 4.42. The first-order chi connectivity index (χ1) is 17.6. The summed E-state index contributed by atoms with van der Waals surface area (Å²) in [6.45, 7) is 6.60. The van der Waals surface area contributed by atoms with Crippen LogP contribution < -0.4 is 10.2 Å². The number of ketones is 1. The van der Waals surface area contributed by atoms with Crippen molar-refractivity contribution in [2.45, 2.75) is 51.9 Å². The number of benzene rings is 1. The van der Waals surface area contributed by atoms with E-state index < -0.39 is 0 Å². The van der Waals surface area contributed by atoms with Crippen LogP contribution >= 0.6 is 0 Å². The lowest BCUT2D eigenvalue weighted by molar-refractivity contribution is -0.155. The zero-order chi connectivity index (χ0) is 24.9. The number of piperidine rings is 1. The van der Waals surface area contributed by atoms with Crippen LogP contribution in [0, 0.1) is 12.8 Å². The number of Topliss-reactive ketones (excluding diaryl/α,β-unsaturated/α-hetero) is 1. The van der Waals surface area contributed by atoms with Crippen LogP contribution in [0.25, 0.3) is 10.9 Å². The lowest BCUT2D eigenvalue weighted by Gasteiger charge is -2.32. The summed E-state index contributed by atoms with van der Waals surface area (Å²) in [6.07, 6.45) is 10.4. The van der Waals surface area contributed by atoms with Crippen molar-refractivity contribution in [3.63, 3.8) is 0 Å². The Morgan fingerprint density at radius 2 is 1.97 bits per heavy atom. The zero-order valence-electron chi connectivity index (χ0n) is 21.4. The van der Waals surface area contributed by atoms with E-state index in [0.717, 1.165) is 58.3 Å². The van der Waals surface area contributed by atoms with Gasteiger partial charge in [-0.15, -0.1) is 0 Å². The predicted molar refractivity (Wildman–Crippen MR) is 140 cm³/mol. The summed E-state index contributed by atoms with van der Waals surface area (Å²) < 4.78 is 13.3. The molecule has 192 valence electrons. The third-order valence-corrected chi connectivity index (χ3v) is 7.37. The molecule has 0 saturated carbocycles. The van der Waals surface area contributed by atoms with E-state index >= 15 is 0 Å². The van der Waals surface area contributed by atoms with Crippen LogP contribution in [-0.4, -0.2) is 59.5 Å². The van der Waals surface area contributed by atoms with Crippen LogP contribution in [0.3, 0.4) is 0 Å². The fourth-order valence-electron chi connectivity index (χ4n) is 5.20. The van der Waals surface area contributed by atoms with Gasteiger partial charge in [-0.1, -0.05) is 11.6 Å². The summed E-state index contributed by atoms with van der Waals surface area (Å²) in [5, 5.41) is 5.03. The van der Waals surface area contributed by atoms with Crippen molar-refractivity contribution in [2.75, 3.05) is 37.7 Å². The molecule has 2 aromatic heterocycles. The molecule has 1 unspecified atom stereocenters. The molecule has 2 fully saturated rings. The summed E-state index contributed by atoms with van der Waals surface area (Å²) in [5.74, 6) is 1.22. The van der Waals surface area contributed by atoms with Crippen LogP contribution in [0.4, 0.5) is 5.95 Å². The van der Waals surface area contributed by atoms with Crippen LogP contribution in [-0.2, 0) is 23.1 Å². The molecule has 3 aromatic rings. The smallest absolute Gasteiger partial charge is 0.225 e. The highest BCUT2D eigenvalue weighted by molar-refractivity contribution is 5.96. The second-order valence-corrected chi connectivity index (χ2v) is 10.1. The summed E-state index contributed by atoms with van der Waals surface area (Å²) >= 11 is 0. The fourth-order valence-corrected chi connectivity index (χ4v) is 5.20. The van der Waals surface area contributed by atoms with E-state index in [9.17, 15) is 4.79 Å². The number of fused-ring (bicyclic) bond motifs is 1. The van der Waals surface area contributed by atoms with Gasteiger partial charge in [-0.05, 0) is 69.2 Å². The number of hydrogen-bond acceptors (Lipinski definition) is 7. The molecule has 0 spiro atoms. The number of aromatic nitrogens is 3. The molecule has 2 aliphatic heterocycles. The average molecular weight is 492 g/mol. The van der Waals surface area contributed by atoms with Crippen molar-refractivity contribution in [1.29, 1.82) is 0 Å². The van der Waals surface area contributed by atoms with Gasteiger partial charge in [0.15, 0.2) is 12.1 Å². The number of carbonyl (C=O) groups is 1. The molecule has 5 rings (SSSR count). The number of hydrogen-bond donors (Lipinski definition) is 1. The Balaban J connectivity index is 1.06. The minimum Gasteiger partial charge on any atom is -0.353 e. The van der Waals surface area contributed by atoms with Crippen molar-refractivity contribution < 1.29 is 14.3 Å². The first-order valence-electron chi connectivity index (χ1n) is 13.2. The minimum atomic E-state index is -0.269. The Morgan fingerprint density at radius 1 is 1.17 bits per heavy atom. The number of carbonyl (C=O) groups excluding carboxylic acids is 1. The maximum absolute atomic E-state index is 12.4. The highest BCUT2D eigenvalue weighted by Crippen LogP contribution is 2.23. The summed E-state index contributed by atoms with van der Waals surface area (Å²) in [6, 6.07) is 6.65. The van der Waals surface area contributed by atoms with Crippen molar-refractivity contribution in [1.82, 2.24) is 19.9 Å². The van der Waals surface area contributed by atoms with Gasteiger partial charge in [0.2, 0.25) is 5.95 Å². The largest absolute Gasteiger partial charge is 0.353 e. The van der Waals surface area contributed by atoms with Gasteiger partial charge < -0.3 is 24.3 Å². The lowest BCUT2D eigenvalue weighted by Crippen LogP contribution is -2.38. The highest BCUT2D eigenvalue weighted by atomic mass is 16.7. The summed E-state index contributed by atoms with van der Waals surface area (Å²) in [7, 11) is 2.11. The first-order valence-corrected chi connectivity index (χ1v) is 13.2. The number of nitrogens with zero attached hydrogens (tertiary/aromatic N) is 4. The van der Waals surface area contributed by atoms with E-state index in [4.69, 9.17) is 9.47 Å². The molecule has 2 saturated heterocycles. The van der Waals surface area contributed by atoms with Crippen molar-refractivity contribution in [2.24, 2.45) is 13.0 Å². The van der Waals surface area contributed by atoms with Crippen molar-refractivity contribution in [3.05, 3.63) is 53.5 Å². The van der Waals surface area contributed by atoms with Crippen molar-refractivity contribution >= 4 is 22.6 Å². The predicted octanol–water partition coefficient (Wildman–Crippen LogP) is 4.01. The third kappa shape index (κ3) is 5.94. The van der Waals surface area contributed by atoms with Crippen LogP contribution in [0.15, 0.2) is 36.8 Å². The molecular formula is C28H37N5O3. The molecule has 36 heavy (non-hydrogen) atoms. The number of nitrogens with one attached hydrogen (secondary N) is 1. The normalized spacial score (nSPS) is 19.2. The molecule has 1 aromatic carbocycles. The van der Waals surface area contributed by atoms with Gasteiger partial charge in [0, 0.05) is 62.8 Å². The Hall–Kier alpha value is -2.81. The summed E-state index contributed by atoms with van der Waals surface area (Å²) in [4.78, 5) is 23.6. The molecule has 0 radical (unpaired) electrons. The second-order valence-electron chi connectivity index (χ2n) is 10.1. The topological polar surface area (TPSA) is 81.5 Å². The van der Waals surface area contributed by atoms with E-state index in [1.54, 1.807) is 12.4 Å².